The van der Waals surface area contributed by atoms with Gasteiger partial charge in [-0.3, -0.25) is 9.69 Å². The van der Waals surface area contributed by atoms with Gasteiger partial charge in [0, 0.05) is 32.2 Å². The third-order valence-corrected chi connectivity index (χ3v) is 6.59. The monoisotopic (exact) mass is 481 g/mol. The summed E-state index contributed by atoms with van der Waals surface area (Å²) in [7, 11) is 1.39. The summed E-state index contributed by atoms with van der Waals surface area (Å²) in [5, 5.41) is 14.5. The van der Waals surface area contributed by atoms with Crippen LogP contribution in [-0.4, -0.2) is 80.0 Å². The number of rotatable bonds is 9. The number of amides is 2. The lowest BCUT2D eigenvalue weighted by atomic mass is 9.98. The van der Waals surface area contributed by atoms with Gasteiger partial charge in [0.15, 0.2) is 6.04 Å². The molecular formula is C26H31N3O6. The molecule has 1 fully saturated rings. The molecule has 1 atom stereocenters. The first-order chi connectivity index (χ1) is 17.0. The van der Waals surface area contributed by atoms with E-state index in [1.165, 1.54) is 29.4 Å². The van der Waals surface area contributed by atoms with E-state index in [0.717, 1.165) is 0 Å². The van der Waals surface area contributed by atoms with E-state index in [0.29, 0.717) is 25.9 Å². The summed E-state index contributed by atoms with van der Waals surface area (Å²) in [5.74, 6) is -1.48. The van der Waals surface area contributed by atoms with E-state index in [4.69, 9.17) is 14.6 Å². The smallest absolute Gasteiger partial charge is 0.407 e. The van der Waals surface area contributed by atoms with Crippen LogP contribution >= 0.6 is 0 Å². The summed E-state index contributed by atoms with van der Waals surface area (Å²) in [6.45, 7) is 1.51. The number of carboxylic acids is 1. The van der Waals surface area contributed by atoms with E-state index >= 15 is 0 Å². The molecule has 9 nitrogen and oxygen atoms in total. The highest BCUT2D eigenvalue weighted by Crippen LogP contribution is 2.44. The molecule has 1 aliphatic carbocycles. The van der Waals surface area contributed by atoms with Gasteiger partial charge in [0.05, 0.1) is 13.2 Å². The Hall–Kier alpha value is -3.43. The largest absolute Gasteiger partial charge is 0.480 e. The van der Waals surface area contributed by atoms with Gasteiger partial charge >= 0.3 is 12.1 Å². The lowest BCUT2D eigenvalue weighted by molar-refractivity contribution is -0.143. The van der Waals surface area contributed by atoms with Crippen molar-refractivity contribution in [1.29, 1.82) is 0 Å². The van der Waals surface area contributed by atoms with Crippen LogP contribution in [0.3, 0.4) is 0 Å². The maximum absolute atomic E-state index is 12.5. The molecule has 0 bridgehead atoms. The number of carbonyl (C=O) groups excluding carboxylic acids is 2. The predicted molar refractivity (Wildman–Crippen MR) is 129 cm³/mol. The van der Waals surface area contributed by atoms with Crippen LogP contribution < -0.4 is 10.6 Å². The van der Waals surface area contributed by atoms with Crippen LogP contribution in [0.15, 0.2) is 48.5 Å². The highest BCUT2D eigenvalue weighted by atomic mass is 16.5. The zero-order chi connectivity index (χ0) is 24.8. The Morgan fingerprint density at radius 1 is 1.03 bits per heavy atom. The van der Waals surface area contributed by atoms with Crippen LogP contribution in [0.2, 0.25) is 0 Å². The second-order valence-electron chi connectivity index (χ2n) is 8.93. The van der Waals surface area contributed by atoms with Gasteiger partial charge in [-0.1, -0.05) is 48.5 Å². The first kappa shape index (κ1) is 24.7. The molecule has 0 spiro atoms. The number of piperidine rings is 1. The number of nitrogens with one attached hydrogen (secondary N) is 2. The van der Waals surface area contributed by atoms with Crippen molar-refractivity contribution in [3.8, 4) is 11.1 Å². The predicted octanol–water partition coefficient (Wildman–Crippen LogP) is 2.21. The molecule has 1 heterocycles. The van der Waals surface area contributed by atoms with Crippen molar-refractivity contribution >= 4 is 18.0 Å². The van der Waals surface area contributed by atoms with Gasteiger partial charge < -0.3 is 25.2 Å². The first-order valence-corrected chi connectivity index (χ1v) is 11.8. The van der Waals surface area contributed by atoms with Crippen molar-refractivity contribution in [2.75, 3.05) is 40.0 Å². The third-order valence-electron chi connectivity index (χ3n) is 6.59. The molecule has 2 aromatic carbocycles. The highest BCUT2D eigenvalue weighted by Gasteiger charge is 2.30. The van der Waals surface area contributed by atoms with Crippen LogP contribution in [0.1, 0.15) is 29.9 Å². The fourth-order valence-electron chi connectivity index (χ4n) is 4.83. The van der Waals surface area contributed by atoms with E-state index in [9.17, 15) is 14.4 Å². The number of hydrogen-bond acceptors (Lipinski definition) is 6. The van der Waals surface area contributed by atoms with Gasteiger partial charge in [-0.05, 0) is 35.1 Å². The molecule has 1 saturated heterocycles. The fourth-order valence-corrected chi connectivity index (χ4v) is 4.83. The number of carbonyl (C=O) groups is 3. The average molecular weight is 482 g/mol. The Morgan fingerprint density at radius 3 is 2.20 bits per heavy atom. The number of aliphatic carboxylic acids is 1. The number of fused-ring (bicyclic) bond motifs is 3. The summed E-state index contributed by atoms with van der Waals surface area (Å²) in [4.78, 5) is 37.8. The van der Waals surface area contributed by atoms with Crippen molar-refractivity contribution in [2.24, 2.45) is 0 Å². The second-order valence-corrected chi connectivity index (χ2v) is 8.93. The quantitative estimate of drug-likeness (QED) is 0.503. The molecule has 2 amide bonds. The number of likely N-dealkylation sites (tertiary alicyclic amines) is 1. The number of carboxylic acid groups (broad SMARTS) is 1. The minimum Gasteiger partial charge on any atom is -0.480 e. The molecule has 4 rings (SSSR count). The third kappa shape index (κ3) is 5.98. The van der Waals surface area contributed by atoms with Crippen molar-refractivity contribution < 1.29 is 29.0 Å². The summed E-state index contributed by atoms with van der Waals surface area (Å²) in [5.41, 5.74) is 4.71. The average Bonchev–Trinajstić information content (AvgIpc) is 3.17. The zero-order valence-electron chi connectivity index (χ0n) is 19.7. The van der Waals surface area contributed by atoms with E-state index in [2.05, 4.69) is 34.9 Å². The van der Waals surface area contributed by atoms with Crippen LogP contribution in [0.4, 0.5) is 4.79 Å². The molecule has 35 heavy (non-hydrogen) atoms. The molecule has 1 aliphatic heterocycles. The summed E-state index contributed by atoms with van der Waals surface area (Å²) >= 11 is 0. The molecule has 2 aliphatic rings. The number of nitrogens with zero attached hydrogens (tertiary/aromatic N) is 1. The molecule has 1 unspecified atom stereocenters. The Kier molecular flexibility index (Phi) is 7.99. The van der Waals surface area contributed by atoms with Crippen LogP contribution in [0, 0.1) is 0 Å². The molecule has 186 valence electrons. The number of ether oxygens (including phenoxy) is 2. The first-order valence-electron chi connectivity index (χ1n) is 11.8. The van der Waals surface area contributed by atoms with Crippen molar-refractivity contribution in [2.45, 2.75) is 30.8 Å². The molecule has 2 aromatic rings. The van der Waals surface area contributed by atoms with E-state index < -0.39 is 18.1 Å². The maximum atomic E-state index is 12.5. The maximum Gasteiger partial charge on any atom is 0.407 e. The number of benzene rings is 2. The van der Waals surface area contributed by atoms with Crippen LogP contribution in [0.25, 0.3) is 11.1 Å². The minimum atomic E-state index is -1.13. The molecule has 0 radical (unpaired) electrons. The van der Waals surface area contributed by atoms with E-state index in [-0.39, 0.29) is 37.6 Å². The SMILES string of the molecule is COCC(NC(=O)CN1CCC(NC(=O)OCC2c3ccccc3-c3ccccc32)CC1)C(=O)O. The summed E-state index contributed by atoms with van der Waals surface area (Å²) < 4.78 is 10.5. The lowest BCUT2D eigenvalue weighted by Gasteiger charge is -2.32. The van der Waals surface area contributed by atoms with Gasteiger partial charge in [-0.15, -0.1) is 0 Å². The van der Waals surface area contributed by atoms with Crippen LogP contribution in [0.5, 0.6) is 0 Å². The molecular weight excluding hydrogens is 450 g/mol. The molecule has 0 aromatic heterocycles. The molecule has 9 heteroatoms. The molecule has 0 saturated carbocycles. The van der Waals surface area contributed by atoms with Crippen molar-refractivity contribution in [1.82, 2.24) is 15.5 Å². The van der Waals surface area contributed by atoms with Gasteiger partial charge in [-0.2, -0.15) is 0 Å². The number of alkyl carbamates (subject to hydrolysis) is 1. The van der Waals surface area contributed by atoms with E-state index in [1.54, 1.807) is 0 Å². The highest BCUT2D eigenvalue weighted by molar-refractivity contribution is 5.84. The minimum absolute atomic E-state index is 0.0150. The van der Waals surface area contributed by atoms with Crippen molar-refractivity contribution in [3.63, 3.8) is 0 Å². The van der Waals surface area contributed by atoms with Gasteiger partial charge in [0.2, 0.25) is 5.91 Å². The van der Waals surface area contributed by atoms with Gasteiger partial charge in [0.25, 0.3) is 0 Å². The second kappa shape index (κ2) is 11.3. The Morgan fingerprint density at radius 2 is 1.63 bits per heavy atom. The van der Waals surface area contributed by atoms with Gasteiger partial charge in [0.1, 0.15) is 6.61 Å². The lowest BCUT2D eigenvalue weighted by Crippen LogP contribution is -2.50. The van der Waals surface area contributed by atoms with Gasteiger partial charge in [-0.25, -0.2) is 9.59 Å². The topological polar surface area (TPSA) is 117 Å². The van der Waals surface area contributed by atoms with Crippen molar-refractivity contribution in [3.05, 3.63) is 59.7 Å². The standard InChI is InChI=1S/C26H31N3O6/c1-34-16-23(25(31)32)28-24(30)14-29-12-10-17(11-13-29)27-26(33)35-15-22-20-8-4-2-6-18(20)19-7-3-5-9-21(19)22/h2-9,17,22-23H,10-16H2,1H3,(H,27,33)(H,28,30)(H,31,32). The van der Waals surface area contributed by atoms with Crippen LogP contribution in [-0.2, 0) is 19.1 Å². The Labute approximate surface area is 204 Å². The number of hydrogen-bond donors (Lipinski definition) is 3. The summed E-state index contributed by atoms with van der Waals surface area (Å²) in [6, 6.07) is 15.3. The summed E-state index contributed by atoms with van der Waals surface area (Å²) in [6.07, 6.45) is 0.919. The Balaban J connectivity index is 1.22. The molecule has 3 N–H and O–H groups in total. The normalized spacial score (nSPS) is 16.7. The van der Waals surface area contributed by atoms with E-state index in [1.807, 2.05) is 29.2 Å². The fraction of sp³-hybridized carbons (Fsp3) is 0.423. The Bertz CT molecular complexity index is 1020. The zero-order valence-corrected chi connectivity index (χ0v) is 19.7. The number of methoxy groups -OCH3 is 1.